The number of hydrogen-bond donors (Lipinski definition) is 1. The Morgan fingerprint density at radius 1 is 1.45 bits per heavy atom. The third-order valence-electron chi connectivity index (χ3n) is 1.87. The lowest BCUT2D eigenvalue weighted by atomic mass is 10.2. The Hall–Kier alpha value is -1.18. The van der Waals surface area contributed by atoms with E-state index < -0.39 is 0 Å². The maximum Gasteiger partial charge on any atom is 0.120 e. The summed E-state index contributed by atoms with van der Waals surface area (Å²) in [5.74, 6) is 0.909. The smallest absolute Gasteiger partial charge is 0.120 e. The van der Waals surface area contributed by atoms with Gasteiger partial charge in [-0.2, -0.15) is 0 Å². The molecule has 0 saturated heterocycles. The monoisotopic (exact) mass is 148 g/mol. The summed E-state index contributed by atoms with van der Waals surface area (Å²) in [7, 11) is 1.68. The van der Waals surface area contributed by atoms with Gasteiger partial charge in [-0.05, 0) is 11.6 Å². The number of benzene rings is 1. The third-order valence-corrected chi connectivity index (χ3v) is 1.87. The van der Waals surface area contributed by atoms with Crippen molar-refractivity contribution in [1.29, 1.82) is 0 Å². The molecule has 0 saturated carbocycles. The molecule has 0 spiro atoms. The van der Waals surface area contributed by atoms with Crippen LogP contribution in [0, 0.1) is 6.42 Å². The average molecular weight is 148 g/mol. The fourth-order valence-corrected chi connectivity index (χ4v) is 1.26. The molecule has 0 aliphatic carbocycles. The number of ether oxygens (including phenoxy) is 1. The molecule has 2 rings (SSSR count). The second kappa shape index (κ2) is 2.46. The summed E-state index contributed by atoms with van der Waals surface area (Å²) in [5.41, 5.74) is 2.44. The molecule has 1 aromatic carbocycles. The predicted molar refractivity (Wildman–Crippen MR) is 44.9 cm³/mol. The molecule has 1 heterocycles. The molecule has 0 atom stereocenters. The molecule has 1 aliphatic rings. The van der Waals surface area contributed by atoms with Crippen molar-refractivity contribution in [3.05, 3.63) is 30.2 Å². The van der Waals surface area contributed by atoms with Gasteiger partial charge in [0.15, 0.2) is 0 Å². The molecule has 2 nitrogen and oxygen atoms in total. The van der Waals surface area contributed by atoms with E-state index in [2.05, 4.69) is 17.8 Å². The van der Waals surface area contributed by atoms with Crippen molar-refractivity contribution in [3.63, 3.8) is 0 Å². The van der Waals surface area contributed by atoms with Gasteiger partial charge in [0.1, 0.15) is 5.75 Å². The number of rotatable bonds is 1. The van der Waals surface area contributed by atoms with E-state index in [0.717, 1.165) is 12.3 Å². The zero-order valence-electron chi connectivity index (χ0n) is 6.42. The molecule has 1 N–H and O–H groups in total. The Bertz CT molecular complexity index is 270. The van der Waals surface area contributed by atoms with Crippen LogP contribution in [0.3, 0.4) is 0 Å². The number of fused-ring (bicyclic) bond motifs is 1. The summed E-state index contributed by atoms with van der Waals surface area (Å²) in [5, 5.41) is 3.24. The number of nitrogens with one attached hydrogen (secondary N) is 1. The maximum atomic E-state index is 5.09. The van der Waals surface area contributed by atoms with E-state index in [-0.39, 0.29) is 0 Å². The van der Waals surface area contributed by atoms with Gasteiger partial charge in [0.05, 0.1) is 7.11 Å². The largest absolute Gasteiger partial charge is 0.497 e. The minimum absolute atomic E-state index is 0.909. The van der Waals surface area contributed by atoms with Crippen LogP contribution in [0.4, 0.5) is 5.69 Å². The van der Waals surface area contributed by atoms with Crippen LogP contribution in [0.5, 0.6) is 5.75 Å². The standard InChI is InChI=1S/C9H10NO/c1-11-8-3-2-7-4-5-10-9(7)6-8/h2-4,6,10H,5H2,1H3. The van der Waals surface area contributed by atoms with Crippen molar-refractivity contribution in [2.75, 3.05) is 19.0 Å². The lowest BCUT2D eigenvalue weighted by Gasteiger charge is -2.02. The summed E-state index contributed by atoms with van der Waals surface area (Å²) < 4.78 is 5.09. The first-order valence-electron chi connectivity index (χ1n) is 3.65. The first kappa shape index (κ1) is 6.53. The van der Waals surface area contributed by atoms with E-state index in [1.54, 1.807) is 7.11 Å². The number of anilines is 1. The molecule has 0 amide bonds. The van der Waals surface area contributed by atoms with Crippen molar-refractivity contribution in [2.45, 2.75) is 0 Å². The van der Waals surface area contributed by atoms with Crippen LogP contribution < -0.4 is 10.1 Å². The van der Waals surface area contributed by atoms with E-state index in [1.807, 2.05) is 12.1 Å². The van der Waals surface area contributed by atoms with Crippen molar-refractivity contribution in [3.8, 4) is 5.75 Å². The van der Waals surface area contributed by atoms with Crippen LogP contribution in [0.1, 0.15) is 5.56 Å². The molecule has 2 heteroatoms. The zero-order chi connectivity index (χ0) is 7.68. The summed E-state index contributed by atoms with van der Waals surface area (Å²) in [4.78, 5) is 0. The fourth-order valence-electron chi connectivity index (χ4n) is 1.26. The number of methoxy groups -OCH3 is 1. The van der Waals surface area contributed by atoms with Crippen molar-refractivity contribution in [2.24, 2.45) is 0 Å². The molecule has 1 aromatic rings. The van der Waals surface area contributed by atoms with Crippen LogP contribution in [-0.4, -0.2) is 13.7 Å². The molecule has 57 valence electrons. The Morgan fingerprint density at radius 2 is 2.36 bits per heavy atom. The van der Waals surface area contributed by atoms with Gasteiger partial charge >= 0.3 is 0 Å². The predicted octanol–water partition coefficient (Wildman–Crippen LogP) is 1.67. The van der Waals surface area contributed by atoms with Crippen LogP contribution in [-0.2, 0) is 0 Å². The Morgan fingerprint density at radius 3 is 3.18 bits per heavy atom. The lowest BCUT2D eigenvalue weighted by Crippen LogP contribution is -1.90. The molecule has 1 aliphatic heterocycles. The molecule has 0 unspecified atom stereocenters. The van der Waals surface area contributed by atoms with E-state index in [4.69, 9.17) is 4.74 Å². The Kier molecular flexibility index (Phi) is 1.46. The SMILES string of the molecule is COc1ccc2c(c1)NC[CH]2. The van der Waals surface area contributed by atoms with Gasteiger partial charge in [-0.3, -0.25) is 0 Å². The summed E-state index contributed by atoms with van der Waals surface area (Å²) in [6, 6.07) is 6.05. The normalized spacial score (nSPS) is 13.9. The van der Waals surface area contributed by atoms with Gasteiger partial charge in [-0.25, -0.2) is 0 Å². The van der Waals surface area contributed by atoms with Crippen LogP contribution >= 0.6 is 0 Å². The topological polar surface area (TPSA) is 21.3 Å². The third kappa shape index (κ3) is 1.04. The van der Waals surface area contributed by atoms with E-state index in [0.29, 0.717) is 0 Å². The van der Waals surface area contributed by atoms with Gasteiger partial charge in [0.25, 0.3) is 0 Å². The summed E-state index contributed by atoms with van der Waals surface area (Å²) in [6.45, 7) is 0.933. The molecule has 0 fully saturated rings. The van der Waals surface area contributed by atoms with E-state index in [9.17, 15) is 0 Å². The molecular weight excluding hydrogens is 138 g/mol. The molecule has 0 aromatic heterocycles. The zero-order valence-corrected chi connectivity index (χ0v) is 6.42. The Balaban J connectivity index is 2.41. The van der Waals surface area contributed by atoms with Gasteiger partial charge in [-0.15, -0.1) is 0 Å². The van der Waals surface area contributed by atoms with Gasteiger partial charge < -0.3 is 10.1 Å². The summed E-state index contributed by atoms with van der Waals surface area (Å²) in [6.07, 6.45) is 2.16. The second-order valence-electron chi connectivity index (χ2n) is 2.54. The minimum atomic E-state index is 0.909. The highest BCUT2D eigenvalue weighted by Crippen LogP contribution is 2.27. The fraction of sp³-hybridized carbons (Fsp3) is 0.222. The van der Waals surface area contributed by atoms with Crippen LogP contribution in [0.15, 0.2) is 18.2 Å². The van der Waals surface area contributed by atoms with Gasteiger partial charge in [0, 0.05) is 24.7 Å². The minimum Gasteiger partial charge on any atom is -0.497 e. The van der Waals surface area contributed by atoms with E-state index >= 15 is 0 Å². The highest BCUT2D eigenvalue weighted by molar-refractivity contribution is 5.62. The Labute approximate surface area is 66.2 Å². The van der Waals surface area contributed by atoms with Gasteiger partial charge in [-0.1, -0.05) is 6.07 Å². The molecule has 0 bridgehead atoms. The first-order valence-corrected chi connectivity index (χ1v) is 3.65. The summed E-state index contributed by atoms with van der Waals surface area (Å²) >= 11 is 0. The quantitative estimate of drug-likeness (QED) is 0.654. The lowest BCUT2D eigenvalue weighted by molar-refractivity contribution is 0.415. The average Bonchev–Trinajstić information content (AvgIpc) is 2.50. The second-order valence-corrected chi connectivity index (χ2v) is 2.54. The maximum absolute atomic E-state index is 5.09. The van der Waals surface area contributed by atoms with Crippen LogP contribution in [0.2, 0.25) is 0 Å². The molecule has 1 radical (unpaired) electrons. The molecular formula is C9H10NO. The van der Waals surface area contributed by atoms with Crippen LogP contribution in [0.25, 0.3) is 0 Å². The van der Waals surface area contributed by atoms with Gasteiger partial charge in [0.2, 0.25) is 0 Å². The highest BCUT2D eigenvalue weighted by atomic mass is 16.5. The number of hydrogen-bond acceptors (Lipinski definition) is 2. The van der Waals surface area contributed by atoms with E-state index in [1.165, 1.54) is 11.3 Å². The first-order chi connectivity index (χ1) is 5.40. The molecule has 11 heavy (non-hydrogen) atoms. The van der Waals surface area contributed by atoms with Crippen molar-refractivity contribution < 1.29 is 4.74 Å². The van der Waals surface area contributed by atoms with Crippen molar-refractivity contribution in [1.82, 2.24) is 0 Å². The van der Waals surface area contributed by atoms with Crippen molar-refractivity contribution >= 4 is 5.69 Å². The highest BCUT2D eigenvalue weighted by Gasteiger charge is 2.09.